The van der Waals surface area contributed by atoms with Crippen molar-refractivity contribution in [1.82, 2.24) is 15.0 Å². The minimum Gasteiger partial charge on any atom is -0.382 e. The van der Waals surface area contributed by atoms with Crippen molar-refractivity contribution in [2.75, 3.05) is 23.7 Å². The van der Waals surface area contributed by atoms with E-state index in [1.54, 1.807) is 12.4 Å². The van der Waals surface area contributed by atoms with Crippen molar-refractivity contribution in [3.63, 3.8) is 0 Å². The summed E-state index contributed by atoms with van der Waals surface area (Å²) in [7, 11) is 0. The summed E-state index contributed by atoms with van der Waals surface area (Å²) in [5, 5.41) is 1.22. The van der Waals surface area contributed by atoms with E-state index in [1.807, 2.05) is 12.3 Å². The fourth-order valence-electron chi connectivity index (χ4n) is 4.75. The number of hydrogen-bond donors (Lipinski definition) is 2. The molecule has 1 spiro atoms. The van der Waals surface area contributed by atoms with Gasteiger partial charge < -0.3 is 16.4 Å². The van der Waals surface area contributed by atoms with E-state index in [2.05, 4.69) is 44.1 Å². The number of piperidine rings is 1. The summed E-state index contributed by atoms with van der Waals surface area (Å²) in [4.78, 5) is 16.3. The van der Waals surface area contributed by atoms with Crippen LogP contribution in [0, 0.1) is 0 Å². The van der Waals surface area contributed by atoms with E-state index in [9.17, 15) is 0 Å². The standard InChI is InChI=1S/C22H23ClN6S/c23-20-16(5-8-26-21(20)25)30-19-13-27-18(12-28-19)29-9-6-22(7-10-29)15-4-2-1-3-14(15)11-17(22)24/h1-5,8,12-13,17H,6-7,9-11,24H2,(H2,25,26). The molecule has 1 unspecified atom stereocenters. The molecular weight excluding hydrogens is 416 g/mol. The highest BCUT2D eigenvalue weighted by Gasteiger charge is 2.46. The van der Waals surface area contributed by atoms with Gasteiger partial charge in [-0.15, -0.1) is 0 Å². The number of rotatable bonds is 3. The average Bonchev–Trinajstić information content (AvgIpc) is 3.04. The van der Waals surface area contributed by atoms with Crippen LogP contribution in [0.25, 0.3) is 0 Å². The van der Waals surface area contributed by atoms with Gasteiger partial charge in [0, 0.05) is 35.6 Å². The smallest absolute Gasteiger partial charge is 0.147 e. The van der Waals surface area contributed by atoms with Crippen LogP contribution in [0.2, 0.25) is 5.02 Å². The molecule has 0 radical (unpaired) electrons. The maximum atomic E-state index is 6.62. The van der Waals surface area contributed by atoms with Crippen molar-refractivity contribution in [1.29, 1.82) is 0 Å². The molecule has 154 valence electrons. The lowest BCUT2D eigenvalue weighted by molar-refractivity contribution is 0.292. The molecule has 4 N–H and O–H groups in total. The van der Waals surface area contributed by atoms with Gasteiger partial charge in [0.15, 0.2) is 0 Å². The Balaban J connectivity index is 1.29. The number of nitrogen functional groups attached to an aromatic ring is 1. The van der Waals surface area contributed by atoms with Crippen LogP contribution in [-0.2, 0) is 11.8 Å². The first-order valence-electron chi connectivity index (χ1n) is 10.1. The first-order chi connectivity index (χ1) is 14.6. The number of aromatic nitrogens is 3. The Morgan fingerprint density at radius 2 is 1.87 bits per heavy atom. The fraction of sp³-hybridized carbons (Fsp3) is 0.318. The van der Waals surface area contributed by atoms with Crippen LogP contribution < -0.4 is 16.4 Å². The number of anilines is 2. The third kappa shape index (κ3) is 3.31. The van der Waals surface area contributed by atoms with Gasteiger partial charge in [0.25, 0.3) is 0 Å². The van der Waals surface area contributed by atoms with Gasteiger partial charge in [-0.2, -0.15) is 0 Å². The Morgan fingerprint density at radius 3 is 2.63 bits per heavy atom. The Labute approximate surface area is 185 Å². The first kappa shape index (κ1) is 19.6. The molecule has 8 heteroatoms. The minimum atomic E-state index is 0.0916. The summed E-state index contributed by atoms with van der Waals surface area (Å²) in [5.74, 6) is 1.22. The summed E-state index contributed by atoms with van der Waals surface area (Å²) in [5.41, 5.74) is 15.3. The fourth-order valence-corrected chi connectivity index (χ4v) is 5.74. The third-order valence-corrected chi connectivity index (χ3v) is 7.88. The summed E-state index contributed by atoms with van der Waals surface area (Å²) < 4.78 is 0. The highest BCUT2D eigenvalue weighted by Crippen LogP contribution is 2.46. The van der Waals surface area contributed by atoms with Crippen molar-refractivity contribution in [2.24, 2.45) is 5.73 Å². The average molecular weight is 439 g/mol. The molecule has 1 aliphatic carbocycles. The zero-order chi connectivity index (χ0) is 20.7. The monoisotopic (exact) mass is 438 g/mol. The number of nitrogens with zero attached hydrogens (tertiary/aromatic N) is 4. The molecule has 30 heavy (non-hydrogen) atoms. The summed E-state index contributed by atoms with van der Waals surface area (Å²) in [6.45, 7) is 1.85. The summed E-state index contributed by atoms with van der Waals surface area (Å²) in [6, 6.07) is 10.8. The predicted molar refractivity (Wildman–Crippen MR) is 121 cm³/mol. The molecule has 3 heterocycles. The zero-order valence-corrected chi connectivity index (χ0v) is 18.0. The molecule has 1 saturated heterocycles. The molecule has 0 bridgehead atoms. The lowest BCUT2D eigenvalue weighted by Gasteiger charge is -2.43. The first-order valence-corrected chi connectivity index (χ1v) is 11.2. The Bertz CT molecular complexity index is 1070. The Hall–Kier alpha value is -2.35. The van der Waals surface area contributed by atoms with Crippen molar-refractivity contribution in [2.45, 2.75) is 40.6 Å². The number of fused-ring (bicyclic) bond motifs is 2. The van der Waals surface area contributed by atoms with Crippen LogP contribution in [0.5, 0.6) is 0 Å². The maximum Gasteiger partial charge on any atom is 0.147 e. The van der Waals surface area contributed by atoms with E-state index in [1.165, 1.54) is 22.9 Å². The number of pyridine rings is 1. The molecule has 1 aromatic carbocycles. The molecule has 1 fully saturated rings. The number of halogens is 1. The van der Waals surface area contributed by atoms with E-state index >= 15 is 0 Å². The molecule has 0 amide bonds. The van der Waals surface area contributed by atoms with Crippen LogP contribution in [0.3, 0.4) is 0 Å². The van der Waals surface area contributed by atoms with Gasteiger partial charge in [0.2, 0.25) is 0 Å². The molecular formula is C22H23ClN6S. The van der Waals surface area contributed by atoms with Crippen LogP contribution >= 0.6 is 23.4 Å². The molecule has 0 saturated carbocycles. The van der Waals surface area contributed by atoms with E-state index in [0.29, 0.717) is 10.8 Å². The van der Waals surface area contributed by atoms with E-state index < -0.39 is 0 Å². The van der Waals surface area contributed by atoms with E-state index in [4.69, 9.17) is 23.1 Å². The molecule has 1 atom stereocenters. The number of hydrogen-bond acceptors (Lipinski definition) is 7. The molecule has 2 aromatic heterocycles. The third-order valence-electron chi connectivity index (χ3n) is 6.39. The van der Waals surface area contributed by atoms with Gasteiger partial charge in [0.1, 0.15) is 16.7 Å². The molecule has 3 aromatic rings. The lowest BCUT2D eigenvalue weighted by atomic mass is 9.71. The van der Waals surface area contributed by atoms with E-state index in [0.717, 1.165) is 48.1 Å². The van der Waals surface area contributed by atoms with Crippen LogP contribution in [0.4, 0.5) is 11.6 Å². The maximum absolute atomic E-state index is 6.62. The second-order valence-corrected chi connectivity index (χ2v) is 9.37. The largest absolute Gasteiger partial charge is 0.382 e. The second kappa shape index (κ2) is 7.72. The minimum absolute atomic E-state index is 0.0916. The quantitative estimate of drug-likeness (QED) is 0.644. The normalized spacial score (nSPS) is 19.8. The van der Waals surface area contributed by atoms with Crippen LogP contribution in [-0.4, -0.2) is 34.1 Å². The highest BCUT2D eigenvalue weighted by atomic mass is 35.5. The number of nitrogens with two attached hydrogens (primary N) is 2. The van der Waals surface area contributed by atoms with Crippen molar-refractivity contribution >= 4 is 35.0 Å². The highest BCUT2D eigenvalue weighted by molar-refractivity contribution is 7.99. The van der Waals surface area contributed by atoms with Crippen LogP contribution in [0.1, 0.15) is 24.0 Å². The van der Waals surface area contributed by atoms with Gasteiger partial charge in [-0.25, -0.2) is 15.0 Å². The zero-order valence-electron chi connectivity index (χ0n) is 16.5. The van der Waals surface area contributed by atoms with Gasteiger partial charge >= 0.3 is 0 Å². The van der Waals surface area contributed by atoms with Crippen molar-refractivity contribution in [3.05, 3.63) is 65.1 Å². The van der Waals surface area contributed by atoms with Gasteiger partial charge in [-0.1, -0.05) is 47.6 Å². The SMILES string of the molecule is Nc1nccc(Sc2cnc(N3CCC4(CC3)c3ccccc3CC4N)cn2)c1Cl. The van der Waals surface area contributed by atoms with Gasteiger partial charge in [0.05, 0.1) is 17.4 Å². The van der Waals surface area contributed by atoms with Crippen LogP contribution in [0.15, 0.2) is 58.8 Å². The molecule has 5 rings (SSSR count). The predicted octanol–water partition coefficient (Wildman–Crippen LogP) is 3.68. The van der Waals surface area contributed by atoms with E-state index in [-0.39, 0.29) is 11.5 Å². The molecule has 2 aliphatic rings. The van der Waals surface area contributed by atoms with Gasteiger partial charge in [-0.05, 0) is 36.5 Å². The second-order valence-electron chi connectivity index (χ2n) is 7.93. The molecule has 6 nitrogen and oxygen atoms in total. The Kier molecular flexibility index (Phi) is 5.05. The van der Waals surface area contributed by atoms with Crippen molar-refractivity contribution < 1.29 is 0 Å². The topological polar surface area (TPSA) is 94.0 Å². The summed E-state index contributed by atoms with van der Waals surface area (Å²) in [6.07, 6.45) is 8.31. The Morgan fingerprint density at radius 1 is 1.07 bits per heavy atom. The van der Waals surface area contributed by atoms with Gasteiger partial charge in [-0.3, -0.25) is 0 Å². The number of benzene rings is 1. The molecule has 1 aliphatic heterocycles. The summed E-state index contributed by atoms with van der Waals surface area (Å²) >= 11 is 7.66. The lowest BCUT2D eigenvalue weighted by Crippen LogP contribution is -2.50. The van der Waals surface area contributed by atoms with Crippen molar-refractivity contribution in [3.8, 4) is 0 Å².